The molecule has 0 unspecified atom stereocenters. The molecule has 0 atom stereocenters. The Morgan fingerprint density at radius 3 is 1.95 bits per heavy atom. The van der Waals surface area contributed by atoms with Gasteiger partial charge in [0.15, 0.2) is 5.78 Å². The minimum absolute atomic E-state index is 0.000770. The fourth-order valence-corrected chi connectivity index (χ4v) is 2.12. The van der Waals surface area contributed by atoms with E-state index in [4.69, 9.17) is 0 Å². The van der Waals surface area contributed by atoms with Gasteiger partial charge >= 0.3 is 0 Å². The number of rotatable bonds is 3. The standard InChI is InChI=1S/C18H18F2O/c1-18(2,3)13-9-7-12(8-10-13)17(21)11-14-15(19)5-4-6-16(14)20/h4-10H,11H2,1-3H3. The van der Waals surface area contributed by atoms with Crippen LogP contribution < -0.4 is 0 Å². The molecule has 2 aromatic rings. The second kappa shape index (κ2) is 5.76. The number of hydrogen-bond donors (Lipinski definition) is 0. The lowest BCUT2D eigenvalue weighted by Gasteiger charge is -2.19. The molecule has 0 bridgehead atoms. The van der Waals surface area contributed by atoms with Crippen LogP contribution in [-0.4, -0.2) is 5.78 Å². The fourth-order valence-electron chi connectivity index (χ4n) is 2.12. The highest BCUT2D eigenvalue weighted by Crippen LogP contribution is 2.23. The monoisotopic (exact) mass is 288 g/mol. The van der Waals surface area contributed by atoms with Gasteiger partial charge < -0.3 is 0 Å². The molecule has 0 saturated carbocycles. The van der Waals surface area contributed by atoms with Crippen molar-refractivity contribution in [1.82, 2.24) is 0 Å². The van der Waals surface area contributed by atoms with Crippen molar-refractivity contribution in [2.24, 2.45) is 0 Å². The maximum Gasteiger partial charge on any atom is 0.167 e. The molecule has 0 saturated heterocycles. The number of Topliss-reactive ketones (excluding diaryl/α,β-unsaturated/α-hetero) is 1. The summed E-state index contributed by atoms with van der Waals surface area (Å²) in [6.07, 6.45) is -0.270. The molecule has 3 heteroatoms. The Labute approximate surface area is 123 Å². The molecule has 0 aliphatic rings. The number of ketones is 1. The van der Waals surface area contributed by atoms with Gasteiger partial charge in [-0.1, -0.05) is 51.1 Å². The lowest BCUT2D eigenvalue weighted by molar-refractivity contribution is 0.0990. The van der Waals surface area contributed by atoms with E-state index in [9.17, 15) is 13.6 Å². The topological polar surface area (TPSA) is 17.1 Å². The zero-order valence-electron chi connectivity index (χ0n) is 12.4. The largest absolute Gasteiger partial charge is 0.294 e. The zero-order chi connectivity index (χ0) is 15.6. The third-order valence-corrected chi connectivity index (χ3v) is 3.47. The van der Waals surface area contributed by atoms with E-state index in [2.05, 4.69) is 20.8 Å². The highest BCUT2D eigenvalue weighted by Gasteiger charge is 2.16. The van der Waals surface area contributed by atoms with Crippen molar-refractivity contribution in [2.45, 2.75) is 32.6 Å². The Hall–Kier alpha value is -2.03. The van der Waals surface area contributed by atoms with Gasteiger partial charge in [-0.25, -0.2) is 8.78 Å². The molecule has 2 aromatic carbocycles. The summed E-state index contributed by atoms with van der Waals surface area (Å²) in [5, 5.41) is 0. The van der Waals surface area contributed by atoms with E-state index in [0.29, 0.717) is 5.56 Å². The number of benzene rings is 2. The van der Waals surface area contributed by atoms with Crippen LogP contribution in [0.5, 0.6) is 0 Å². The predicted molar refractivity (Wildman–Crippen MR) is 79.5 cm³/mol. The summed E-state index contributed by atoms with van der Waals surface area (Å²) in [7, 11) is 0. The highest BCUT2D eigenvalue weighted by molar-refractivity contribution is 5.97. The SMILES string of the molecule is CC(C)(C)c1ccc(C(=O)Cc2c(F)cccc2F)cc1. The Morgan fingerprint density at radius 2 is 1.48 bits per heavy atom. The molecule has 110 valence electrons. The minimum atomic E-state index is -0.685. The molecule has 0 amide bonds. The van der Waals surface area contributed by atoms with Crippen molar-refractivity contribution in [1.29, 1.82) is 0 Å². The maximum atomic E-state index is 13.6. The van der Waals surface area contributed by atoms with Crippen LogP contribution in [0.15, 0.2) is 42.5 Å². The van der Waals surface area contributed by atoms with Crippen molar-refractivity contribution >= 4 is 5.78 Å². The van der Waals surface area contributed by atoms with Gasteiger partial charge in [0.1, 0.15) is 11.6 Å². The average Bonchev–Trinajstić information content (AvgIpc) is 2.42. The van der Waals surface area contributed by atoms with Gasteiger partial charge in [0, 0.05) is 17.5 Å². The average molecular weight is 288 g/mol. The van der Waals surface area contributed by atoms with Gasteiger partial charge in [-0.2, -0.15) is 0 Å². The van der Waals surface area contributed by atoms with Gasteiger partial charge in [-0.15, -0.1) is 0 Å². The van der Waals surface area contributed by atoms with Gasteiger partial charge in [0.05, 0.1) is 0 Å². The zero-order valence-corrected chi connectivity index (χ0v) is 12.4. The first-order valence-corrected chi connectivity index (χ1v) is 6.85. The Morgan fingerprint density at radius 1 is 0.952 bits per heavy atom. The number of hydrogen-bond acceptors (Lipinski definition) is 1. The van der Waals surface area contributed by atoms with Crippen LogP contribution in [0.1, 0.15) is 42.3 Å². The highest BCUT2D eigenvalue weighted by atomic mass is 19.1. The lowest BCUT2D eigenvalue weighted by atomic mass is 9.86. The molecule has 0 fully saturated rings. The van der Waals surface area contributed by atoms with Gasteiger partial charge in [-0.05, 0) is 23.1 Å². The van der Waals surface area contributed by atoms with E-state index in [1.807, 2.05) is 12.1 Å². The van der Waals surface area contributed by atoms with Crippen LogP contribution in [0.4, 0.5) is 8.78 Å². The second-order valence-corrected chi connectivity index (χ2v) is 6.13. The molecule has 0 N–H and O–H groups in total. The van der Waals surface area contributed by atoms with Crippen molar-refractivity contribution in [3.05, 3.63) is 70.8 Å². The first-order chi connectivity index (χ1) is 9.79. The van der Waals surface area contributed by atoms with Crippen LogP contribution >= 0.6 is 0 Å². The van der Waals surface area contributed by atoms with Crippen molar-refractivity contribution < 1.29 is 13.6 Å². The van der Waals surface area contributed by atoms with E-state index in [0.717, 1.165) is 17.7 Å². The first-order valence-electron chi connectivity index (χ1n) is 6.85. The van der Waals surface area contributed by atoms with Crippen LogP contribution in [0.3, 0.4) is 0 Å². The molecule has 0 aliphatic carbocycles. The minimum Gasteiger partial charge on any atom is -0.294 e. The number of carbonyl (C=O) groups is 1. The normalized spacial score (nSPS) is 11.5. The third kappa shape index (κ3) is 3.54. The number of carbonyl (C=O) groups excluding carboxylic acids is 1. The molecule has 0 aliphatic heterocycles. The van der Waals surface area contributed by atoms with Crippen LogP contribution in [0, 0.1) is 11.6 Å². The second-order valence-electron chi connectivity index (χ2n) is 6.13. The summed E-state index contributed by atoms with van der Waals surface area (Å²) in [5.74, 6) is -1.66. The van der Waals surface area contributed by atoms with Crippen molar-refractivity contribution in [3.8, 4) is 0 Å². The van der Waals surface area contributed by atoms with E-state index in [1.165, 1.54) is 6.07 Å². The Kier molecular flexibility index (Phi) is 4.21. The summed E-state index contributed by atoms with van der Waals surface area (Å²) in [5.41, 5.74) is 1.39. The summed E-state index contributed by atoms with van der Waals surface area (Å²) < 4.78 is 27.1. The van der Waals surface area contributed by atoms with Crippen molar-refractivity contribution in [2.75, 3.05) is 0 Å². The molecule has 1 nitrogen and oxygen atoms in total. The lowest BCUT2D eigenvalue weighted by Crippen LogP contribution is -2.12. The van der Waals surface area contributed by atoms with E-state index in [1.54, 1.807) is 12.1 Å². The summed E-state index contributed by atoms with van der Waals surface area (Å²) in [6, 6.07) is 10.8. The molecule has 0 heterocycles. The van der Waals surface area contributed by atoms with Gasteiger partial charge in [0.25, 0.3) is 0 Å². The quantitative estimate of drug-likeness (QED) is 0.749. The smallest absolute Gasteiger partial charge is 0.167 e. The van der Waals surface area contributed by atoms with E-state index >= 15 is 0 Å². The summed E-state index contributed by atoms with van der Waals surface area (Å²) in [4.78, 5) is 12.1. The summed E-state index contributed by atoms with van der Waals surface area (Å²) >= 11 is 0. The Bertz CT molecular complexity index is 632. The molecule has 21 heavy (non-hydrogen) atoms. The third-order valence-electron chi connectivity index (χ3n) is 3.47. The van der Waals surface area contributed by atoms with Crippen molar-refractivity contribution in [3.63, 3.8) is 0 Å². The van der Waals surface area contributed by atoms with Crippen LogP contribution in [0.2, 0.25) is 0 Å². The molecular formula is C18H18F2O. The molecular weight excluding hydrogens is 270 g/mol. The first kappa shape index (κ1) is 15.4. The number of halogens is 2. The molecule has 0 spiro atoms. The predicted octanol–water partition coefficient (Wildman–Crippen LogP) is 4.69. The van der Waals surface area contributed by atoms with Gasteiger partial charge in [0.2, 0.25) is 0 Å². The summed E-state index contributed by atoms with van der Waals surface area (Å²) in [6.45, 7) is 6.25. The fraction of sp³-hybridized carbons (Fsp3) is 0.278. The van der Waals surface area contributed by atoms with E-state index < -0.39 is 11.6 Å². The van der Waals surface area contributed by atoms with Crippen LogP contribution in [-0.2, 0) is 11.8 Å². The van der Waals surface area contributed by atoms with Gasteiger partial charge in [-0.3, -0.25) is 4.79 Å². The molecule has 0 aromatic heterocycles. The van der Waals surface area contributed by atoms with Crippen LogP contribution in [0.25, 0.3) is 0 Å². The Balaban J connectivity index is 2.21. The molecule has 0 radical (unpaired) electrons. The molecule has 2 rings (SSSR count). The van der Waals surface area contributed by atoms with E-state index in [-0.39, 0.29) is 23.2 Å². The maximum absolute atomic E-state index is 13.6.